The van der Waals surface area contributed by atoms with Crippen molar-refractivity contribution in [2.45, 2.75) is 20.4 Å². The normalized spacial score (nSPS) is 10.4. The Bertz CT molecular complexity index is 380. The lowest BCUT2D eigenvalue weighted by Gasteiger charge is -2.17. The van der Waals surface area contributed by atoms with Crippen LogP contribution in [0.5, 0.6) is 0 Å². The third kappa shape index (κ3) is 4.34. The molecular formula is C15H22N2O. The fraction of sp³-hybridized carbons (Fsp3) is 0.400. The van der Waals surface area contributed by atoms with Gasteiger partial charge in [0.15, 0.2) is 0 Å². The van der Waals surface area contributed by atoms with E-state index in [4.69, 9.17) is 0 Å². The predicted molar refractivity (Wildman–Crippen MR) is 75.6 cm³/mol. The van der Waals surface area contributed by atoms with Crippen LogP contribution in [0.4, 0.5) is 0 Å². The van der Waals surface area contributed by atoms with E-state index in [2.05, 4.69) is 30.6 Å². The van der Waals surface area contributed by atoms with Crippen molar-refractivity contribution in [1.29, 1.82) is 0 Å². The summed E-state index contributed by atoms with van der Waals surface area (Å²) in [6, 6.07) is 7.77. The Balaban J connectivity index is 2.61. The largest absolute Gasteiger partial charge is 0.349 e. The molecule has 0 radical (unpaired) electrons. The van der Waals surface area contributed by atoms with Gasteiger partial charge in [0.1, 0.15) is 0 Å². The van der Waals surface area contributed by atoms with Crippen LogP contribution in [-0.2, 0) is 6.54 Å². The van der Waals surface area contributed by atoms with E-state index in [1.165, 1.54) is 5.56 Å². The average molecular weight is 246 g/mol. The third-order valence-corrected chi connectivity index (χ3v) is 2.92. The van der Waals surface area contributed by atoms with Crippen LogP contribution in [-0.4, -0.2) is 30.4 Å². The molecule has 0 fully saturated rings. The fourth-order valence-corrected chi connectivity index (χ4v) is 1.73. The van der Waals surface area contributed by atoms with E-state index in [0.29, 0.717) is 12.1 Å². The van der Waals surface area contributed by atoms with E-state index in [0.717, 1.165) is 19.6 Å². The van der Waals surface area contributed by atoms with Gasteiger partial charge in [-0.1, -0.05) is 32.1 Å². The third-order valence-electron chi connectivity index (χ3n) is 2.92. The summed E-state index contributed by atoms with van der Waals surface area (Å²) in [6.07, 6.45) is 1.67. The lowest BCUT2D eigenvalue weighted by atomic mass is 10.1. The Morgan fingerprint density at radius 3 is 2.39 bits per heavy atom. The summed E-state index contributed by atoms with van der Waals surface area (Å²) in [5.41, 5.74) is 1.93. The molecule has 0 unspecified atom stereocenters. The van der Waals surface area contributed by atoms with E-state index in [9.17, 15) is 4.79 Å². The van der Waals surface area contributed by atoms with E-state index in [1.807, 2.05) is 24.3 Å². The Labute approximate surface area is 109 Å². The first-order valence-corrected chi connectivity index (χ1v) is 6.41. The van der Waals surface area contributed by atoms with Gasteiger partial charge in [-0.3, -0.25) is 9.69 Å². The lowest BCUT2D eigenvalue weighted by Crippen LogP contribution is -2.24. The number of hydrogen-bond donors (Lipinski definition) is 1. The smallest absolute Gasteiger partial charge is 0.251 e. The molecule has 0 heterocycles. The highest BCUT2D eigenvalue weighted by molar-refractivity contribution is 5.94. The molecule has 0 saturated carbocycles. The molecule has 0 atom stereocenters. The van der Waals surface area contributed by atoms with Gasteiger partial charge in [-0.05, 0) is 30.8 Å². The van der Waals surface area contributed by atoms with Gasteiger partial charge in [-0.15, -0.1) is 6.58 Å². The first kappa shape index (κ1) is 14.5. The van der Waals surface area contributed by atoms with Crippen molar-refractivity contribution >= 4 is 5.91 Å². The Hall–Kier alpha value is -1.61. The Kier molecular flexibility index (Phi) is 6.15. The molecule has 0 aliphatic rings. The molecule has 1 rings (SSSR count). The zero-order valence-corrected chi connectivity index (χ0v) is 11.3. The molecule has 0 bridgehead atoms. The van der Waals surface area contributed by atoms with Crippen molar-refractivity contribution in [1.82, 2.24) is 10.2 Å². The maximum absolute atomic E-state index is 11.7. The number of amides is 1. The number of nitrogens with zero attached hydrogens (tertiary/aromatic N) is 1. The Morgan fingerprint density at radius 1 is 1.28 bits per heavy atom. The molecule has 0 saturated heterocycles. The first-order chi connectivity index (χ1) is 8.71. The number of carbonyl (C=O) groups excluding carboxylic acids is 1. The molecule has 1 N–H and O–H groups in total. The second-order valence-corrected chi connectivity index (χ2v) is 4.16. The molecule has 18 heavy (non-hydrogen) atoms. The zero-order valence-electron chi connectivity index (χ0n) is 11.3. The van der Waals surface area contributed by atoms with E-state index in [1.54, 1.807) is 6.08 Å². The number of nitrogens with one attached hydrogen (secondary N) is 1. The van der Waals surface area contributed by atoms with Crippen molar-refractivity contribution in [2.24, 2.45) is 0 Å². The van der Waals surface area contributed by atoms with Crippen molar-refractivity contribution < 1.29 is 4.79 Å². The highest BCUT2D eigenvalue weighted by Crippen LogP contribution is 2.07. The van der Waals surface area contributed by atoms with Gasteiger partial charge in [0.25, 0.3) is 5.91 Å². The molecule has 98 valence electrons. The molecule has 0 aliphatic carbocycles. The quantitative estimate of drug-likeness (QED) is 0.749. The molecular weight excluding hydrogens is 224 g/mol. The SMILES string of the molecule is C=CCNC(=O)c1ccc(CN(CC)CC)cc1. The standard InChI is InChI=1S/C15H22N2O/c1-4-11-16-15(18)14-9-7-13(8-10-14)12-17(5-2)6-3/h4,7-10H,1,5-6,11-12H2,2-3H3,(H,16,18). The Morgan fingerprint density at radius 2 is 1.89 bits per heavy atom. The molecule has 1 aromatic rings. The van der Waals surface area contributed by atoms with Crippen LogP contribution in [0.3, 0.4) is 0 Å². The number of rotatable bonds is 7. The second kappa shape index (κ2) is 7.67. The van der Waals surface area contributed by atoms with Gasteiger partial charge in [0.05, 0.1) is 0 Å². The number of hydrogen-bond acceptors (Lipinski definition) is 2. The minimum atomic E-state index is -0.0516. The van der Waals surface area contributed by atoms with Crippen LogP contribution in [0, 0.1) is 0 Å². The van der Waals surface area contributed by atoms with Crippen LogP contribution in [0.15, 0.2) is 36.9 Å². The van der Waals surface area contributed by atoms with Gasteiger partial charge in [-0.2, -0.15) is 0 Å². The van der Waals surface area contributed by atoms with Crippen molar-refractivity contribution in [3.8, 4) is 0 Å². The van der Waals surface area contributed by atoms with Crippen molar-refractivity contribution in [2.75, 3.05) is 19.6 Å². The van der Waals surface area contributed by atoms with E-state index >= 15 is 0 Å². The minimum absolute atomic E-state index is 0.0516. The maximum Gasteiger partial charge on any atom is 0.251 e. The summed E-state index contributed by atoms with van der Waals surface area (Å²) in [5, 5.41) is 2.76. The fourth-order valence-electron chi connectivity index (χ4n) is 1.73. The number of benzene rings is 1. The molecule has 1 aromatic carbocycles. The summed E-state index contributed by atoms with van der Waals surface area (Å²) < 4.78 is 0. The summed E-state index contributed by atoms with van der Waals surface area (Å²) in [4.78, 5) is 14.0. The van der Waals surface area contributed by atoms with Gasteiger partial charge in [0, 0.05) is 18.7 Å². The topological polar surface area (TPSA) is 32.3 Å². The molecule has 3 heteroatoms. The predicted octanol–water partition coefficient (Wildman–Crippen LogP) is 2.44. The van der Waals surface area contributed by atoms with Gasteiger partial charge >= 0.3 is 0 Å². The van der Waals surface area contributed by atoms with Gasteiger partial charge in [-0.25, -0.2) is 0 Å². The maximum atomic E-state index is 11.7. The van der Waals surface area contributed by atoms with Crippen molar-refractivity contribution in [3.63, 3.8) is 0 Å². The van der Waals surface area contributed by atoms with Crippen LogP contribution in [0.1, 0.15) is 29.8 Å². The molecule has 3 nitrogen and oxygen atoms in total. The van der Waals surface area contributed by atoms with Gasteiger partial charge < -0.3 is 5.32 Å². The summed E-state index contributed by atoms with van der Waals surface area (Å²) >= 11 is 0. The highest BCUT2D eigenvalue weighted by atomic mass is 16.1. The highest BCUT2D eigenvalue weighted by Gasteiger charge is 2.05. The first-order valence-electron chi connectivity index (χ1n) is 6.41. The molecule has 1 amide bonds. The average Bonchev–Trinajstić information content (AvgIpc) is 2.42. The van der Waals surface area contributed by atoms with Crippen LogP contribution in [0.2, 0.25) is 0 Å². The second-order valence-electron chi connectivity index (χ2n) is 4.16. The zero-order chi connectivity index (χ0) is 13.4. The van der Waals surface area contributed by atoms with Crippen LogP contribution >= 0.6 is 0 Å². The summed E-state index contributed by atoms with van der Waals surface area (Å²) in [7, 11) is 0. The lowest BCUT2D eigenvalue weighted by molar-refractivity contribution is 0.0958. The summed E-state index contributed by atoms with van der Waals surface area (Å²) in [5.74, 6) is -0.0516. The van der Waals surface area contributed by atoms with Crippen LogP contribution in [0.25, 0.3) is 0 Å². The molecule has 0 spiro atoms. The van der Waals surface area contributed by atoms with Crippen molar-refractivity contribution in [3.05, 3.63) is 48.0 Å². The van der Waals surface area contributed by atoms with E-state index < -0.39 is 0 Å². The number of carbonyl (C=O) groups is 1. The molecule has 0 aliphatic heterocycles. The summed E-state index contributed by atoms with van der Waals surface area (Å²) in [6.45, 7) is 11.4. The monoisotopic (exact) mass is 246 g/mol. The van der Waals surface area contributed by atoms with Crippen LogP contribution < -0.4 is 5.32 Å². The minimum Gasteiger partial charge on any atom is -0.349 e. The molecule has 0 aromatic heterocycles. The van der Waals surface area contributed by atoms with E-state index in [-0.39, 0.29) is 5.91 Å². The van der Waals surface area contributed by atoms with Gasteiger partial charge in [0.2, 0.25) is 0 Å².